The maximum absolute atomic E-state index is 12.1. The van der Waals surface area contributed by atoms with Crippen LogP contribution in [0.15, 0.2) is 70.6 Å². The van der Waals surface area contributed by atoms with Gasteiger partial charge in [0, 0.05) is 35.4 Å². The van der Waals surface area contributed by atoms with Crippen LogP contribution in [-0.2, 0) is 16.1 Å². The number of aliphatic imine (C=N–C) groups is 1. The number of aliphatic carboxylic acids is 1. The maximum atomic E-state index is 12.1. The zero-order valence-corrected chi connectivity index (χ0v) is 22.9. The number of carboxylic acid groups (broad SMARTS) is 1. The fourth-order valence-electron chi connectivity index (χ4n) is 4.43. The number of guanidine groups is 1. The van der Waals surface area contributed by atoms with Gasteiger partial charge in [-0.15, -0.1) is 11.8 Å². The average Bonchev–Trinajstić information content (AvgIpc) is 3.27. The molecular formula is C28H37N5O4S. The molecule has 204 valence electrons. The summed E-state index contributed by atoms with van der Waals surface area (Å²) in [6.45, 7) is 5.28. The molecule has 0 aliphatic heterocycles. The van der Waals surface area contributed by atoms with Crippen LogP contribution in [-0.4, -0.2) is 53.3 Å². The molecule has 38 heavy (non-hydrogen) atoms. The van der Waals surface area contributed by atoms with E-state index >= 15 is 0 Å². The van der Waals surface area contributed by atoms with E-state index in [0.29, 0.717) is 24.5 Å². The number of aryl methyl sites for hydroxylation is 1. The van der Waals surface area contributed by atoms with E-state index in [1.165, 1.54) is 4.90 Å². The summed E-state index contributed by atoms with van der Waals surface area (Å²) in [5, 5.41) is 9.86. The number of nitrogens with zero attached hydrogens (tertiary/aromatic N) is 2. The summed E-state index contributed by atoms with van der Waals surface area (Å²) in [5.74, 6) is -1.34. The molecule has 0 aliphatic rings. The highest BCUT2D eigenvalue weighted by Crippen LogP contribution is 2.33. The van der Waals surface area contributed by atoms with Gasteiger partial charge in [-0.25, -0.2) is 4.79 Å². The van der Waals surface area contributed by atoms with E-state index in [1.807, 2.05) is 12.1 Å². The normalized spacial score (nSPS) is 13.5. The molecule has 0 spiro atoms. The lowest BCUT2D eigenvalue weighted by molar-refractivity contribution is -0.168. The molecule has 2 aromatic carbocycles. The zero-order valence-electron chi connectivity index (χ0n) is 22.1. The minimum atomic E-state index is -1.92. The summed E-state index contributed by atoms with van der Waals surface area (Å²) in [7, 11) is 0. The lowest BCUT2D eigenvalue weighted by Gasteiger charge is -2.33. The van der Waals surface area contributed by atoms with Gasteiger partial charge in [-0.1, -0.05) is 24.3 Å². The van der Waals surface area contributed by atoms with Crippen molar-refractivity contribution in [1.29, 1.82) is 0 Å². The molecule has 9 nitrogen and oxygen atoms in total. The fourth-order valence-corrected chi connectivity index (χ4v) is 4.84. The third-order valence-corrected chi connectivity index (χ3v) is 7.14. The number of carbonyl (C=O) groups is 1. The molecule has 7 N–H and O–H groups in total. The van der Waals surface area contributed by atoms with Crippen LogP contribution < -0.4 is 21.9 Å². The van der Waals surface area contributed by atoms with Crippen molar-refractivity contribution in [3.63, 3.8) is 0 Å². The van der Waals surface area contributed by atoms with Crippen LogP contribution in [0.1, 0.15) is 30.5 Å². The smallest absolute Gasteiger partial charge is 0.351 e. The zero-order chi connectivity index (χ0) is 27.7. The van der Waals surface area contributed by atoms with E-state index in [9.17, 15) is 9.90 Å². The van der Waals surface area contributed by atoms with Crippen molar-refractivity contribution in [3.8, 4) is 17.0 Å². The van der Waals surface area contributed by atoms with Gasteiger partial charge in [-0.05, 0) is 74.0 Å². The Hall–Kier alpha value is -3.47. The van der Waals surface area contributed by atoms with Gasteiger partial charge in [0.1, 0.15) is 12.4 Å². The minimum Gasteiger partial charge on any atom is -0.492 e. The molecule has 1 aromatic heterocycles. The number of hydrogen-bond acceptors (Lipinski definition) is 6. The highest BCUT2D eigenvalue weighted by molar-refractivity contribution is 7.98. The molecular weight excluding hydrogens is 502 g/mol. The Bertz CT molecular complexity index is 1220. The fraction of sp³-hybridized carbons (Fsp3) is 0.357. The number of rotatable bonds is 14. The Kier molecular flexibility index (Phi) is 10.2. The van der Waals surface area contributed by atoms with E-state index in [4.69, 9.17) is 26.7 Å². The molecule has 10 heteroatoms. The third kappa shape index (κ3) is 7.09. The first-order valence-corrected chi connectivity index (χ1v) is 13.7. The highest BCUT2D eigenvalue weighted by atomic mass is 32.2. The Balaban J connectivity index is 1.72. The summed E-state index contributed by atoms with van der Waals surface area (Å²) >= 11 is 1.72. The standard InChI is InChI=1S/C28H37N5O4S/c1-4-37-28(31,26(34)35)24(15-16-32-27(29)30)20-6-10-22(11-7-20)36-18-17-33-19(2)5-14-25(33)21-8-12-23(38-3)13-9-21/h5-14,24H,4,15-18,31H2,1-3H3,(H,34,35)(H4,29,30,32)/t24?,28-/m0/s1. The van der Waals surface area contributed by atoms with Crippen molar-refractivity contribution in [2.75, 3.05) is 26.0 Å². The predicted molar refractivity (Wildman–Crippen MR) is 153 cm³/mol. The first-order valence-electron chi connectivity index (χ1n) is 12.4. The molecule has 0 saturated heterocycles. The van der Waals surface area contributed by atoms with Crippen LogP contribution in [0.5, 0.6) is 5.75 Å². The number of thioether (sulfide) groups is 1. The molecule has 0 fully saturated rings. The van der Waals surface area contributed by atoms with Crippen molar-refractivity contribution >= 4 is 23.7 Å². The lowest BCUT2D eigenvalue weighted by atomic mass is 9.85. The van der Waals surface area contributed by atoms with E-state index in [1.54, 1.807) is 30.8 Å². The van der Waals surface area contributed by atoms with Gasteiger partial charge in [-0.2, -0.15) is 0 Å². The minimum absolute atomic E-state index is 0.0695. The molecule has 1 heterocycles. The largest absolute Gasteiger partial charge is 0.492 e. The molecule has 0 amide bonds. The molecule has 0 saturated carbocycles. The number of carboxylic acids is 1. The summed E-state index contributed by atoms with van der Waals surface area (Å²) < 4.78 is 13.8. The second kappa shape index (κ2) is 13.4. The van der Waals surface area contributed by atoms with E-state index < -0.39 is 17.6 Å². The highest BCUT2D eigenvalue weighted by Gasteiger charge is 2.44. The third-order valence-electron chi connectivity index (χ3n) is 6.40. The van der Waals surface area contributed by atoms with Gasteiger partial charge in [0.2, 0.25) is 5.72 Å². The second-order valence-corrected chi connectivity index (χ2v) is 9.72. The van der Waals surface area contributed by atoms with Crippen molar-refractivity contribution in [1.82, 2.24) is 4.57 Å². The maximum Gasteiger partial charge on any atom is 0.351 e. The van der Waals surface area contributed by atoms with Crippen LogP contribution in [0, 0.1) is 6.92 Å². The van der Waals surface area contributed by atoms with Crippen LogP contribution >= 0.6 is 11.8 Å². The van der Waals surface area contributed by atoms with Gasteiger partial charge in [0.25, 0.3) is 0 Å². The summed E-state index contributed by atoms with van der Waals surface area (Å²) in [6, 6.07) is 20.0. The number of nitrogens with two attached hydrogens (primary N) is 3. The average molecular weight is 540 g/mol. The van der Waals surface area contributed by atoms with Gasteiger partial charge in [0.05, 0.1) is 6.54 Å². The van der Waals surface area contributed by atoms with Crippen molar-refractivity contribution in [2.45, 2.75) is 43.4 Å². The first kappa shape index (κ1) is 29.1. The predicted octanol–water partition coefficient (Wildman–Crippen LogP) is 3.79. The first-order chi connectivity index (χ1) is 18.2. The lowest BCUT2D eigenvalue weighted by Crippen LogP contribution is -2.55. The summed E-state index contributed by atoms with van der Waals surface area (Å²) in [5.41, 5.74) is 19.3. The Labute approximate surface area is 228 Å². The monoisotopic (exact) mass is 539 g/mol. The van der Waals surface area contributed by atoms with Crippen LogP contribution in [0.3, 0.4) is 0 Å². The Morgan fingerprint density at radius 3 is 2.37 bits per heavy atom. The summed E-state index contributed by atoms with van der Waals surface area (Å²) in [6.07, 6.45) is 2.35. The topological polar surface area (TPSA) is 151 Å². The van der Waals surface area contributed by atoms with E-state index in [0.717, 1.165) is 17.0 Å². The molecule has 0 aliphatic carbocycles. The second-order valence-electron chi connectivity index (χ2n) is 8.84. The van der Waals surface area contributed by atoms with Crippen molar-refractivity contribution < 1.29 is 19.4 Å². The quantitative estimate of drug-likeness (QED) is 0.105. The molecule has 1 unspecified atom stereocenters. The van der Waals surface area contributed by atoms with Gasteiger partial charge in [-0.3, -0.25) is 10.7 Å². The van der Waals surface area contributed by atoms with Crippen LogP contribution in [0.4, 0.5) is 0 Å². The van der Waals surface area contributed by atoms with Gasteiger partial charge < -0.3 is 30.6 Å². The summed E-state index contributed by atoms with van der Waals surface area (Å²) in [4.78, 5) is 17.3. The number of hydrogen-bond donors (Lipinski definition) is 4. The molecule has 3 rings (SSSR count). The number of ether oxygens (including phenoxy) is 2. The number of aromatic nitrogens is 1. The van der Waals surface area contributed by atoms with Crippen LogP contribution in [0.25, 0.3) is 11.3 Å². The molecule has 2 atom stereocenters. The number of benzene rings is 2. The van der Waals surface area contributed by atoms with Crippen molar-refractivity contribution in [3.05, 3.63) is 71.9 Å². The van der Waals surface area contributed by atoms with Gasteiger partial charge >= 0.3 is 5.97 Å². The van der Waals surface area contributed by atoms with E-state index in [-0.39, 0.29) is 25.5 Å². The Morgan fingerprint density at radius 1 is 1.11 bits per heavy atom. The molecule has 0 radical (unpaired) electrons. The molecule has 3 aromatic rings. The SMILES string of the molecule is CCO[C@](N)(C(=O)O)C(CCN=C(N)N)c1ccc(OCCn2c(C)ccc2-c2ccc(SC)cc2)cc1. The van der Waals surface area contributed by atoms with Gasteiger partial charge in [0.15, 0.2) is 5.96 Å². The van der Waals surface area contributed by atoms with Crippen molar-refractivity contribution in [2.24, 2.45) is 22.2 Å². The van der Waals surface area contributed by atoms with Crippen LogP contribution in [0.2, 0.25) is 0 Å². The Morgan fingerprint density at radius 2 is 1.79 bits per heavy atom. The molecule has 0 bridgehead atoms. The van der Waals surface area contributed by atoms with E-state index in [2.05, 4.69) is 59.1 Å².